The molecule has 0 saturated heterocycles. The van der Waals surface area contributed by atoms with Crippen LogP contribution in [0.25, 0.3) is 0 Å². The minimum Gasteiger partial charge on any atom is -0.490 e. The maximum atomic E-state index is 6.12. The maximum Gasteiger partial charge on any atom is 0.124 e. The molecule has 0 spiro atoms. The Labute approximate surface area is 122 Å². The Hall–Kier alpha value is -0.730. The van der Waals surface area contributed by atoms with Crippen LogP contribution in [0, 0.1) is 0 Å². The van der Waals surface area contributed by atoms with E-state index in [-0.39, 0.29) is 12.1 Å². The van der Waals surface area contributed by atoms with Crippen molar-refractivity contribution in [3.63, 3.8) is 0 Å². The molecule has 0 aromatic heterocycles. The quantitative estimate of drug-likeness (QED) is 0.727. The average Bonchev–Trinajstić information content (AvgIpc) is 2.43. The summed E-state index contributed by atoms with van der Waals surface area (Å²) in [7, 11) is 0. The van der Waals surface area contributed by atoms with Crippen molar-refractivity contribution in [1.82, 2.24) is 5.32 Å². The van der Waals surface area contributed by atoms with Gasteiger partial charge >= 0.3 is 0 Å². The highest BCUT2D eigenvalue weighted by Crippen LogP contribution is 2.29. The molecule has 1 unspecified atom stereocenters. The van der Waals surface area contributed by atoms with Crippen LogP contribution in [0.15, 0.2) is 18.2 Å². The minimum atomic E-state index is 0.253. The summed E-state index contributed by atoms with van der Waals surface area (Å²) in [6, 6.07) is 6.14. The first-order chi connectivity index (χ1) is 9.12. The fourth-order valence-corrected chi connectivity index (χ4v) is 2.25. The SMILES string of the molecule is CCCNC(C)c1cc(Cl)ccc1OC(CC)CC. The van der Waals surface area contributed by atoms with E-state index in [0.29, 0.717) is 0 Å². The molecule has 19 heavy (non-hydrogen) atoms. The molecule has 1 atom stereocenters. The second-order valence-electron chi connectivity index (χ2n) is 4.91. The summed E-state index contributed by atoms with van der Waals surface area (Å²) in [5, 5.41) is 4.25. The van der Waals surface area contributed by atoms with Crippen LogP contribution in [-0.2, 0) is 0 Å². The van der Waals surface area contributed by atoms with Gasteiger partial charge in [0.15, 0.2) is 0 Å². The molecule has 0 saturated carbocycles. The van der Waals surface area contributed by atoms with Crippen molar-refractivity contribution < 1.29 is 4.74 Å². The van der Waals surface area contributed by atoms with Gasteiger partial charge in [0, 0.05) is 16.6 Å². The Bertz CT molecular complexity index is 377. The van der Waals surface area contributed by atoms with Crippen molar-refractivity contribution in [1.29, 1.82) is 0 Å². The number of nitrogens with one attached hydrogen (secondary N) is 1. The van der Waals surface area contributed by atoms with Gasteiger partial charge in [0.1, 0.15) is 5.75 Å². The highest BCUT2D eigenvalue weighted by atomic mass is 35.5. The van der Waals surface area contributed by atoms with Gasteiger partial charge in [-0.05, 0) is 50.9 Å². The van der Waals surface area contributed by atoms with Gasteiger partial charge < -0.3 is 10.1 Å². The summed E-state index contributed by atoms with van der Waals surface area (Å²) in [4.78, 5) is 0. The molecule has 0 radical (unpaired) electrons. The highest BCUT2D eigenvalue weighted by Gasteiger charge is 2.14. The van der Waals surface area contributed by atoms with Crippen molar-refractivity contribution >= 4 is 11.6 Å². The third kappa shape index (κ3) is 5.04. The van der Waals surface area contributed by atoms with Gasteiger partial charge in [0.05, 0.1) is 6.10 Å². The molecule has 108 valence electrons. The van der Waals surface area contributed by atoms with Crippen molar-refractivity contribution in [2.45, 2.75) is 59.1 Å². The van der Waals surface area contributed by atoms with Crippen LogP contribution >= 0.6 is 11.6 Å². The zero-order chi connectivity index (χ0) is 14.3. The number of hydrogen-bond acceptors (Lipinski definition) is 2. The van der Waals surface area contributed by atoms with E-state index < -0.39 is 0 Å². The Balaban J connectivity index is 2.90. The fourth-order valence-electron chi connectivity index (χ4n) is 2.07. The van der Waals surface area contributed by atoms with Crippen LogP contribution in [0.3, 0.4) is 0 Å². The molecular formula is C16H26ClNO. The molecule has 1 N–H and O–H groups in total. The van der Waals surface area contributed by atoms with Crippen molar-refractivity contribution in [3.05, 3.63) is 28.8 Å². The van der Waals surface area contributed by atoms with E-state index in [1.807, 2.05) is 18.2 Å². The predicted octanol–water partition coefficient (Wildman–Crippen LogP) is 4.97. The van der Waals surface area contributed by atoms with Crippen LogP contribution in [0.1, 0.15) is 58.6 Å². The van der Waals surface area contributed by atoms with Crippen LogP contribution < -0.4 is 10.1 Å². The molecule has 1 aromatic rings. The summed E-state index contributed by atoms with van der Waals surface area (Å²) in [5.41, 5.74) is 1.15. The van der Waals surface area contributed by atoms with E-state index in [0.717, 1.165) is 42.1 Å². The molecule has 0 heterocycles. The van der Waals surface area contributed by atoms with Gasteiger partial charge in [0.2, 0.25) is 0 Å². The first-order valence-corrected chi connectivity index (χ1v) is 7.69. The molecule has 2 nitrogen and oxygen atoms in total. The largest absolute Gasteiger partial charge is 0.490 e. The standard InChI is InChI=1S/C16H26ClNO/c1-5-10-18-12(4)15-11-13(17)8-9-16(15)19-14(6-2)7-3/h8-9,11-12,14,18H,5-7,10H2,1-4H3. The van der Waals surface area contributed by atoms with E-state index in [1.165, 1.54) is 0 Å². The van der Waals surface area contributed by atoms with Crippen LogP contribution in [0.4, 0.5) is 0 Å². The van der Waals surface area contributed by atoms with Crippen LogP contribution in [-0.4, -0.2) is 12.6 Å². The maximum absolute atomic E-state index is 6.12. The van der Waals surface area contributed by atoms with E-state index in [4.69, 9.17) is 16.3 Å². The third-order valence-corrected chi connectivity index (χ3v) is 3.58. The van der Waals surface area contributed by atoms with Gasteiger partial charge in [0.25, 0.3) is 0 Å². The second kappa shape index (κ2) is 8.44. The van der Waals surface area contributed by atoms with E-state index in [2.05, 4.69) is 33.0 Å². The molecule has 0 bridgehead atoms. The number of benzene rings is 1. The minimum absolute atomic E-state index is 0.253. The summed E-state index contributed by atoms with van der Waals surface area (Å²) < 4.78 is 6.10. The van der Waals surface area contributed by atoms with Crippen molar-refractivity contribution in [3.8, 4) is 5.75 Å². The van der Waals surface area contributed by atoms with E-state index >= 15 is 0 Å². The molecular weight excluding hydrogens is 258 g/mol. The fraction of sp³-hybridized carbons (Fsp3) is 0.625. The molecule has 0 amide bonds. The Morgan fingerprint density at radius 2 is 1.89 bits per heavy atom. The molecule has 0 fully saturated rings. The molecule has 0 aliphatic rings. The lowest BCUT2D eigenvalue weighted by atomic mass is 10.1. The molecule has 0 aliphatic heterocycles. The lowest BCUT2D eigenvalue weighted by Crippen LogP contribution is -2.21. The zero-order valence-corrected chi connectivity index (χ0v) is 13.3. The van der Waals surface area contributed by atoms with Gasteiger partial charge in [-0.3, -0.25) is 0 Å². The summed E-state index contributed by atoms with van der Waals surface area (Å²) in [6.07, 6.45) is 3.44. The second-order valence-corrected chi connectivity index (χ2v) is 5.35. The van der Waals surface area contributed by atoms with E-state index in [1.54, 1.807) is 0 Å². The Kier molecular flexibility index (Phi) is 7.25. The number of ether oxygens (including phenoxy) is 1. The Morgan fingerprint density at radius 3 is 2.47 bits per heavy atom. The Morgan fingerprint density at radius 1 is 1.21 bits per heavy atom. The van der Waals surface area contributed by atoms with Crippen LogP contribution in [0.5, 0.6) is 5.75 Å². The molecule has 1 rings (SSSR count). The third-order valence-electron chi connectivity index (χ3n) is 3.34. The van der Waals surface area contributed by atoms with E-state index in [9.17, 15) is 0 Å². The predicted molar refractivity (Wildman–Crippen MR) is 83.2 cm³/mol. The molecule has 0 aliphatic carbocycles. The van der Waals surface area contributed by atoms with Crippen LogP contribution in [0.2, 0.25) is 5.02 Å². The summed E-state index contributed by atoms with van der Waals surface area (Å²) in [5.74, 6) is 0.953. The number of hydrogen-bond donors (Lipinski definition) is 1. The van der Waals surface area contributed by atoms with Gasteiger partial charge in [-0.15, -0.1) is 0 Å². The number of halogens is 1. The lowest BCUT2D eigenvalue weighted by Gasteiger charge is -2.22. The van der Waals surface area contributed by atoms with Crippen molar-refractivity contribution in [2.24, 2.45) is 0 Å². The molecule has 1 aromatic carbocycles. The van der Waals surface area contributed by atoms with Gasteiger partial charge in [-0.25, -0.2) is 0 Å². The lowest BCUT2D eigenvalue weighted by molar-refractivity contribution is 0.189. The first kappa shape index (κ1) is 16.3. The zero-order valence-electron chi connectivity index (χ0n) is 12.5. The van der Waals surface area contributed by atoms with Gasteiger partial charge in [-0.1, -0.05) is 32.4 Å². The topological polar surface area (TPSA) is 21.3 Å². The van der Waals surface area contributed by atoms with Gasteiger partial charge in [-0.2, -0.15) is 0 Å². The van der Waals surface area contributed by atoms with Crippen molar-refractivity contribution in [2.75, 3.05) is 6.54 Å². The smallest absolute Gasteiger partial charge is 0.124 e. The highest BCUT2D eigenvalue weighted by molar-refractivity contribution is 6.30. The number of rotatable bonds is 8. The molecule has 3 heteroatoms. The first-order valence-electron chi connectivity index (χ1n) is 7.31. The normalized spacial score (nSPS) is 12.7. The monoisotopic (exact) mass is 283 g/mol. The summed E-state index contributed by atoms with van der Waals surface area (Å²) >= 11 is 6.12. The summed E-state index contributed by atoms with van der Waals surface area (Å²) in [6.45, 7) is 9.63. The average molecular weight is 284 g/mol.